The minimum absolute atomic E-state index is 0.149. The molecule has 0 rings (SSSR count). The third-order valence-electron chi connectivity index (χ3n) is 2.73. The molecule has 1 atom stereocenters. The van der Waals surface area contributed by atoms with Crippen molar-refractivity contribution in [3.8, 4) is 11.5 Å². The van der Waals surface area contributed by atoms with Crippen molar-refractivity contribution in [1.29, 1.82) is 0 Å². The van der Waals surface area contributed by atoms with Gasteiger partial charge in [0.2, 0.25) is 0 Å². The summed E-state index contributed by atoms with van der Waals surface area (Å²) in [5.41, 5.74) is 4.43. The van der Waals surface area contributed by atoms with Crippen LogP contribution in [0.1, 0.15) is 27.2 Å². The lowest BCUT2D eigenvalue weighted by Gasteiger charge is -2.35. The van der Waals surface area contributed by atoms with Gasteiger partial charge >= 0.3 is 12.2 Å². The second-order valence-electron chi connectivity index (χ2n) is 6.11. The molecule has 1 unspecified atom stereocenters. The van der Waals surface area contributed by atoms with Crippen molar-refractivity contribution in [3.63, 3.8) is 0 Å². The predicted octanol–water partition coefficient (Wildman–Crippen LogP) is 2.13. The summed E-state index contributed by atoms with van der Waals surface area (Å²) >= 11 is 0. The van der Waals surface area contributed by atoms with Crippen molar-refractivity contribution >= 4 is 20.3 Å². The van der Waals surface area contributed by atoms with Crippen LogP contribution in [-0.4, -0.2) is 55.7 Å². The van der Waals surface area contributed by atoms with Crippen molar-refractivity contribution < 1.29 is 24.2 Å². The number of hydrogen-bond donors (Lipinski definition) is 2. The van der Waals surface area contributed by atoms with E-state index < -0.39 is 25.8 Å². The zero-order chi connectivity index (χ0) is 18.1. The van der Waals surface area contributed by atoms with E-state index in [1.165, 1.54) is 0 Å². The van der Waals surface area contributed by atoms with Crippen LogP contribution in [0.2, 0.25) is 19.6 Å². The average molecular weight is 344 g/mol. The van der Waals surface area contributed by atoms with E-state index in [-0.39, 0.29) is 26.2 Å². The Labute approximate surface area is 139 Å². The van der Waals surface area contributed by atoms with Crippen LogP contribution in [0.3, 0.4) is 0 Å². The maximum atomic E-state index is 12.2. The van der Waals surface area contributed by atoms with Crippen LogP contribution in [0.25, 0.3) is 0 Å². The van der Waals surface area contributed by atoms with Gasteiger partial charge < -0.3 is 14.6 Å². The van der Waals surface area contributed by atoms with Gasteiger partial charge in [-0.25, -0.2) is 15.0 Å². The summed E-state index contributed by atoms with van der Waals surface area (Å²) in [6.45, 7) is 11.3. The lowest BCUT2D eigenvalue weighted by atomic mass is 9.99. The first-order valence-corrected chi connectivity index (χ1v) is 11.1. The third-order valence-corrected chi connectivity index (χ3v) is 3.60. The van der Waals surface area contributed by atoms with E-state index in [0.29, 0.717) is 0 Å². The van der Waals surface area contributed by atoms with Crippen LogP contribution < -0.4 is 5.43 Å². The first-order chi connectivity index (χ1) is 10.6. The van der Waals surface area contributed by atoms with Crippen LogP contribution >= 0.6 is 0 Å². The Morgan fingerprint density at radius 3 is 2.22 bits per heavy atom. The topological polar surface area (TPSA) is 88.1 Å². The molecule has 2 amide bonds. The largest absolute Gasteiger partial charge is 0.449 e. The van der Waals surface area contributed by atoms with Crippen molar-refractivity contribution in [3.05, 3.63) is 0 Å². The molecule has 132 valence electrons. The average Bonchev–Trinajstić information content (AvgIpc) is 2.43. The maximum absolute atomic E-state index is 12.2. The fraction of sp³-hybridized carbons (Fsp3) is 0.733. The van der Waals surface area contributed by atoms with E-state index in [2.05, 4.69) is 36.5 Å². The van der Waals surface area contributed by atoms with Gasteiger partial charge in [-0.15, -0.1) is 5.54 Å². The number of carbonyl (C=O) groups is 2. The molecule has 0 bridgehead atoms. The number of hydrazine groups is 1. The lowest BCUT2D eigenvalue weighted by Crippen LogP contribution is -2.58. The molecular formula is C15H28N2O5Si. The summed E-state index contributed by atoms with van der Waals surface area (Å²) in [4.78, 5) is 24.0. The van der Waals surface area contributed by atoms with Gasteiger partial charge in [0.1, 0.15) is 13.6 Å². The summed E-state index contributed by atoms with van der Waals surface area (Å²) in [7, 11) is -1.72. The standard InChI is InChI=1S/C15H28N2O5Si/c1-7-21-13(19)16-17(14(20)22-8-2)15(3,9-11-18)10-12-23(4,5)6/h18H,7-9,11H2,1-6H3,(H,16,19). The third kappa shape index (κ3) is 7.90. The molecule has 0 aliphatic heterocycles. The highest BCUT2D eigenvalue weighted by molar-refractivity contribution is 6.83. The summed E-state index contributed by atoms with van der Waals surface area (Å²) < 4.78 is 9.80. The van der Waals surface area contributed by atoms with E-state index in [9.17, 15) is 14.7 Å². The molecule has 0 aliphatic rings. The molecule has 23 heavy (non-hydrogen) atoms. The Kier molecular flexibility index (Phi) is 8.72. The molecule has 2 N–H and O–H groups in total. The van der Waals surface area contributed by atoms with E-state index in [0.717, 1.165) is 5.01 Å². The monoisotopic (exact) mass is 344 g/mol. The number of hydrogen-bond acceptors (Lipinski definition) is 5. The number of nitrogens with zero attached hydrogens (tertiary/aromatic N) is 1. The quantitative estimate of drug-likeness (QED) is 0.453. The van der Waals surface area contributed by atoms with Crippen molar-refractivity contribution in [2.75, 3.05) is 19.8 Å². The van der Waals surface area contributed by atoms with Gasteiger partial charge in [-0.1, -0.05) is 25.6 Å². The zero-order valence-electron chi connectivity index (χ0n) is 14.9. The van der Waals surface area contributed by atoms with Crippen molar-refractivity contribution in [2.24, 2.45) is 0 Å². The highest BCUT2D eigenvalue weighted by Gasteiger charge is 2.37. The lowest BCUT2D eigenvalue weighted by molar-refractivity contribution is 0.0338. The number of rotatable bonds is 5. The minimum atomic E-state index is -1.72. The Morgan fingerprint density at radius 1 is 1.22 bits per heavy atom. The second kappa shape index (κ2) is 9.42. The second-order valence-corrected chi connectivity index (χ2v) is 10.9. The number of aliphatic hydroxyl groups is 1. The molecule has 0 radical (unpaired) electrons. The molecule has 7 nitrogen and oxygen atoms in total. The summed E-state index contributed by atoms with van der Waals surface area (Å²) in [5, 5.41) is 10.3. The Bertz CT molecular complexity index is 467. The van der Waals surface area contributed by atoms with Crippen LogP contribution in [0.15, 0.2) is 0 Å². The number of ether oxygens (including phenoxy) is 2. The predicted molar refractivity (Wildman–Crippen MR) is 90.2 cm³/mol. The molecule has 0 heterocycles. The normalized spacial score (nSPS) is 13.2. The SMILES string of the molecule is CCOC(=O)NN(C(=O)OCC)C(C)(C#C[Si](C)(C)C)CCO. The highest BCUT2D eigenvalue weighted by Crippen LogP contribution is 2.19. The van der Waals surface area contributed by atoms with Crippen molar-refractivity contribution in [2.45, 2.75) is 52.4 Å². The summed E-state index contributed by atoms with van der Waals surface area (Å²) in [5.74, 6) is 3.03. The zero-order valence-corrected chi connectivity index (χ0v) is 15.9. The molecule has 8 heteroatoms. The molecule has 0 saturated heterocycles. The fourth-order valence-corrected chi connectivity index (χ4v) is 2.23. The molecule has 0 aliphatic carbocycles. The van der Waals surface area contributed by atoms with Gasteiger partial charge in [0.25, 0.3) is 0 Å². The van der Waals surface area contributed by atoms with E-state index >= 15 is 0 Å². The number of nitrogens with one attached hydrogen (secondary N) is 1. The van der Waals surface area contributed by atoms with E-state index in [1.807, 2.05) is 0 Å². The van der Waals surface area contributed by atoms with Gasteiger partial charge in [-0.2, -0.15) is 5.01 Å². The Morgan fingerprint density at radius 2 is 1.78 bits per heavy atom. The number of aliphatic hydroxyl groups excluding tert-OH is 1. The van der Waals surface area contributed by atoms with Gasteiger partial charge in [-0.3, -0.25) is 0 Å². The number of carbonyl (C=O) groups excluding carboxylic acids is 2. The summed E-state index contributed by atoms with van der Waals surface area (Å²) in [6.07, 6.45) is -1.36. The van der Waals surface area contributed by atoms with E-state index in [1.54, 1.807) is 20.8 Å². The Hall–Kier alpha value is -1.72. The van der Waals surface area contributed by atoms with E-state index in [4.69, 9.17) is 9.47 Å². The Balaban J connectivity index is 5.65. The maximum Gasteiger partial charge on any atom is 0.430 e. The molecule has 0 aromatic rings. The summed E-state index contributed by atoms with van der Waals surface area (Å²) in [6, 6.07) is 0. The molecule has 0 saturated carbocycles. The molecule has 0 spiro atoms. The first-order valence-electron chi connectivity index (χ1n) is 7.65. The highest BCUT2D eigenvalue weighted by atomic mass is 28.3. The van der Waals surface area contributed by atoms with Crippen LogP contribution in [0.5, 0.6) is 0 Å². The van der Waals surface area contributed by atoms with Gasteiger partial charge in [0.15, 0.2) is 0 Å². The van der Waals surface area contributed by atoms with Crippen LogP contribution in [-0.2, 0) is 9.47 Å². The van der Waals surface area contributed by atoms with Crippen molar-refractivity contribution in [1.82, 2.24) is 10.4 Å². The smallest absolute Gasteiger partial charge is 0.430 e. The fourth-order valence-electron chi connectivity index (χ4n) is 1.58. The minimum Gasteiger partial charge on any atom is -0.449 e. The molecular weight excluding hydrogens is 316 g/mol. The first kappa shape index (κ1) is 21.3. The van der Waals surface area contributed by atoms with Crippen LogP contribution in [0, 0.1) is 11.5 Å². The molecule has 0 aromatic carbocycles. The molecule has 0 aromatic heterocycles. The molecule has 0 fully saturated rings. The van der Waals surface area contributed by atoms with Gasteiger partial charge in [0, 0.05) is 13.0 Å². The van der Waals surface area contributed by atoms with Gasteiger partial charge in [-0.05, 0) is 20.8 Å². The number of amides is 2. The van der Waals surface area contributed by atoms with Gasteiger partial charge in [0.05, 0.1) is 13.2 Å². The van der Waals surface area contributed by atoms with Crippen LogP contribution in [0.4, 0.5) is 9.59 Å².